The Morgan fingerprint density at radius 2 is 1.71 bits per heavy atom. The normalized spacial score (nSPS) is 11.3. The summed E-state index contributed by atoms with van der Waals surface area (Å²) in [5.41, 5.74) is 2.43. The van der Waals surface area contributed by atoms with Crippen molar-refractivity contribution in [1.29, 1.82) is 0 Å². The number of hydrogen-bond donors (Lipinski definition) is 0. The second-order valence-electron chi connectivity index (χ2n) is 5.14. The molecule has 1 heteroatoms. The summed E-state index contributed by atoms with van der Waals surface area (Å²) in [7, 11) is 0. The van der Waals surface area contributed by atoms with Crippen LogP contribution in [0.4, 0.5) is 0 Å². The van der Waals surface area contributed by atoms with Gasteiger partial charge in [0.2, 0.25) is 0 Å². The quantitative estimate of drug-likeness (QED) is 0.710. The predicted molar refractivity (Wildman–Crippen MR) is 88.5 cm³/mol. The molecule has 1 unspecified atom stereocenters. The fourth-order valence-corrected chi connectivity index (χ4v) is 2.05. The highest BCUT2D eigenvalue weighted by atomic mass is 16.5. The third kappa shape index (κ3) is 5.36. The van der Waals surface area contributed by atoms with Gasteiger partial charge in [-0.1, -0.05) is 55.5 Å². The van der Waals surface area contributed by atoms with Crippen LogP contribution in [0.1, 0.15) is 37.8 Å². The van der Waals surface area contributed by atoms with Crippen molar-refractivity contribution in [2.45, 2.75) is 39.2 Å². The van der Waals surface area contributed by atoms with Crippen molar-refractivity contribution >= 4 is 0 Å². The van der Waals surface area contributed by atoms with Gasteiger partial charge in [-0.15, -0.1) is 0 Å². The molecule has 0 aliphatic carbocycles. The second-order valence-corrected chi connectivity index (χ2v) is 5.14. The molecule has 0 aliphatic heterocycles. The molecular formula is C20H22O. The molecule has 1 atom stereocenters. The molecule has 0 spiro atoms. The van der Waals surface area contributed by atoms with Crippen molar-refractivity contribution < 1.29 is 4.74 Å². The number of rotatable bonds is 5. The lowest BCUT2D eigenvalue weighted by molar-refractivity contribution is 0.279. The average Bonchev–Trinajstić information content (AvgIpc) is 2.53. The van der Waals surface area contributed by atoms with E-state index in [1.54, 1.807) is 0 Å². The molecule has 0 saturated carbocycles. The Balaban J connectivity index is 1.92. The van der Waals surface area contributed by atoms with Crippen LogP contribution >= 0.6 is 0 Å². The van der Waals surface area contributed by atoms with Crippen LogP contribution < -0.4 is 4.74 Å². The average molecular weight is 278 g/mol. The van der Waals surface area contributed by atoms with Gasteiger partial charge in [-0.3, -0.25) is 0 Å². The van der Waals surface area contributed by atoms with E-state index in [0.29, 0.717) is 0 Å². The van der Waals surface area contributed by atoms with Crippen molar-refractivity contribution in [1.82, 2.24) is 0 Å². The molecule has 0 saturated heterocycles. The van der Waals surface area contributed by atoms with Crippen LogP contribution in [0.3, 0.4) is 0 Å². The Morgan fingerprint density at radius 1 is 1.00 bits per heavy atom. The third-order valence-corrected chi connectivity index (χ3v) is 3.25. The summed E-state index contributed by atoms with van der Waals surface area (Å²) in [4.78, 5) is 0. The molecule has 2 aromatic carbocycles. The van der Waals surface area contributed by atoms with Gasteiger partial charge < -0.3 is 4.74 Å². The molecular weight excluding hydrogens is 256 g/mol. The Bertz CT molecular complexity index is 587. The van der Waals surface area contributed by atoms with Crippen LogP contribution in [0, 0.1) is 11.8 Å². The third-order valence-electron chi connectivity index (χ3n) is 3.25. The maximum absolute atomic E-state index is 5.74. The van der Waals surface area contributed by atoms with E-state index >= 15 is 0 Å². The van der Waals surface area contributed by atoms with Crippen molar-refractivity contribution in [3.05, 3.63) is 65.7 Å². The number of aryl methyl sites for hydroxylation is 1. The van der Waals surface area contributed by atoms with E-state index in [-0.39, 0.29) is 6.10 Å². The summed E-state index contributed by atoms with van der Waals surface area (Å²) >= 11 is 0. The molecule has 0 N–H and O–H groups in total. The Labute approximate surface area is 128 Å². The standard InChI is InChI=1S/C20H22O/c1-3-4-8-18-13-15-19(16-14-18)12-11-17(2)21-20-9-6-5-7-10-20/h5-7,9-10,13-17H,3-4,8H2,1-2H3. The van der Waals surface area contributed by atoms with Crippen LogP contribution in [-0.4, -0.2) is 6.10 Å². The van der Waals surface area contributed by atoms with Gasteiger partial charge in [-0.2, -0.15) is 0 Å². The first kappa shape index (κ1) is 15.2. The first-order valence-electron chi connectivity index (χ1n) is 7.60. The topological polar surface area (TPSA) is 9.23 Å². The highest BCUT2D eigenvalue weighted by molar-refractivity contribution is 5.37. The fourth-order valence-electron chi connectivity index (χ4n) is 2.05. The minimum absolute atomic E-state index is 0.118. The van der Waals surface area contributed by atoms with Gasteiger partial charge in [0.15, 0.2) is 6.10 Å². The molecule has 108 valence electrons. The number of benzene rings is 2. The number of ether oxygens (including phenoxy) is 1. The molecule has 1 nitrogen and oxygen atoms in total. The van der Waals surface area contributed by atoms with Gasteiger partial charge in [-0.25, -0.2) is 0 Å². The smallest absolute Gasteiger partial charge is 0.156 e. The molecule has 2 rings (SSSR count). The zero-order chi connectivity index (χ0) is 14.9. The van der Waals surface area contributed by atoms with Gasteiger partial charge >= 0.3 is 0 Å². The molecule has 0 aromatic heterocycles. The van der Waals surface area contributed by atoms with Crippen molar-refractivity contribution in [3.8, 4) is 17.6 Å². The molecule has 21 heavy (non-hydrogen) atoms. The van der Waals surface area contributed by atoms with Crippen LogP contribution in [0.25, 0.3) is 0 Å². The minimum atomic E-state index is -0.118. The predicted octanol–water partition coefficient (Wildman–Crippen LogP) is 4.85. The van der Waals surface area contributed by atoms with E-state index in [4.69, 9.17) is 4.74 Å². The summed E-state index contributed by atoms with van der Waals surface area (Å²) in [6.07, 6.45) is 3.51. The number of unbranched alkanes of at least 4 members (excludes halogenated alkanes) is 1. The summed E-state index contributed by atoms with van der Waals surface area (Å²) in [5, 5.41) is 0. The zero-order valence-corrected chi connectivity index (χ0v) is 12.8. The van der Waals surface area contributed by atoms with Gasteiger partial charge in [0.05, 0.1) is 0 Å². The first-order chi connectivity index (χ1) is 10.3. The van der Waals surface area contributed by atoms with E-state index in [9.17, 15) is 0 Å². The molecule has 0 amide bonds. The summed E-state index contributed by atoms with van der Waals surface area (Å²) < 4.78 is 5.74. The molecule has 2 aromatic rings. The van der Waals surface area contributed by atoms with E-state index in [1.807, 2.05) is 37.3 Å². The minimum Gasteiger partial charge on any atom is -0.478 e. The largest absolute Gasteiger partial charge is 0.478 e. The number of hydrogen-bond acceptors (Lipinski definition) is 1. The molecule has 0 radical (unpaired) electrons. The maximum Gasteiger partial charge on any atom is 0.156 e. The van der Waals surface area contributed by atoms with Gasteiger partial charge in [-0.05, 0) is 49.6 Å². The highest BCUT2D eigenvalue weighted by Gasteiger charge is 1.98. The highest BCUT2D eigenvalue weighted by Crippen LogP contribution is 2.11. The second kappa shape index (κ2) is 8.17. The maximum atomic E-state index is 5.74. The van der Waals surface area contributed by atoms with Crippen molar-refractivity contribution in [3.63, 3.8) is 0 Å². The lowest BCUT2D eigenvalue weighted by atomic mass is 10.1. The molecule has 0 fully saturated rings. The van der Waals surface area contributed by atoms with Gasteiger partial charge in [0.1, 0.15) is 5.75 Å². The fraction of sp³-hybridized carbons (Fsp3) is 0.300. The van der Waals surface area contributed by atoms with E-state index < -0.39 is 0 Å². The van der Waals surface area contributed by atoms with Crippen molar-refractivity contribution in [2.75, 3.05) is 0 Å². The van der Waals surface area contributed by atoms with E-state index in [2.05, 4.69) is 43.0 Å². The zero-order valence-electron chi connectivity index (χ0n) is 12.8. The summed E-state index contributed by atoms with van der Waals surface area (Å²) in [6.45, 7) is 4.18. The van der Waals surface area contributed by atoms with Crippen molar-refractivity contribution in [2.24, 2.45) is 0 Å². The van der Waals surface area contributed by atoms with Gasteiger partial charge in [0, 0.05) is 5.56 Å². The van der Waals surface area contributed by atoms with E-state index in [0.717, 1.165) is 17.7 Å². The van der Waals surface area contributed by atoms with Crippen LogP contribution in [0.5, 0.6) is 5.75 Å². The summed E-state index contributed by atoms with van der Waals surface area (Å²) in [6, 6.07) is 18.3. The molecule has 0 heterocycles. The first-order valence-corrected chi connectivity index (χ1v) is 7.60. The van der Waals surface area contributed by atoms with Gasteiger partial charge in [0.25, 0.3) is 0 Å². The number of para-hydroxylation sites is 1. The Kier molecular flexibility index (Phi) is 5.91. The summed E-state index contributed by atoms with van der Waals surface area (Å²) in [5.74, 6) is 7.17. The van der Waals surface area contributed by atoms with Crippen LogP contribution in [-0.2, 0) is 6.42 Å². The Hall–Kier alpha value is -2.20. The van der Waals surface area contributed by atoms with E-state index in [1.165, 1.54) is 18.4 Å². The lowest BCUT2D eigenvalue weighted by Gasteiger charge is -2.08. The Morgan fingerprint density at radius 3 is 2.38 bits per heavy atom. The van der Waals surface area contributed by atoms with Crippen LogP contribution in [0.2, 0.25) is 0 Å². The SMILES string of the molecule is CCCCc1ccc(C#CC(C)Oc2ccccc2)cc1. The molecule has 0 bridgehead atoms. The lowest BCUT2D eigenvalue weighted by Crippen LogP contribution is -2.08. The van der Waals surface area contributed by atoms with Crippen LogP contribution in [0.15, 0.2) is 54.6 Å². The monoisotopic (exact) mass is 278 g/mol. The molecule has 0 aliphatic rings.